The fraction of sp³-hybridized carbons (Fsp3) is 0.263. The Hall–Kier alpha value is -2.40. The summed E-state index contributed by atoms with van der Waals surface area (Å²) in [5, 5.41) is 0. The molecular weight excluding hydrogens is 316 g/mol. The second-order valence-corrected chi connectivity index (χ2v) is 6.67. The van der Waals surface area contributed by atoms with E-state index in [2.05, 4.69) is 76.3 Å². The minimum absolute atomic E-state index is 0.808. The van der Waals surface area contributed by atoms with E-state index in [0.717, 1.165) is 41.3 Å². The number of nitrogens with zero attached hydrogens (tertiary/aromatic N) is 4. The van der Waals surface area contributed by atoms with E-state index in [1.54, 1.807) is 0 Å². The third-order valence-corrected chi connectivity index (χ3v) is 4.82. The van der Waals surface area contributed by atoms with Crippen molar-refractivity contribution in [1.82, 2.24) is 13.9 Å². The van der Waals surface area contributed by atoms with Crippen molar-refractivity contribution >= 4 is 17.9 Å². The summed E-state index contributed by atoms with van der Waals surface area (Å²) < 4.78 is 7.24. The molecule has 2 aromatic carbocycles. The topological polar surface area (TPSA) is 27.1 Å². The van der Waals surface area contributed by atoms with Crippen molar-refractivity contribution in [3.63, 3.8) is 0 Å². The standard InChI is InChI=1S/C19H20N4S/c1-14-4-8-16(9-5-14)20-18-21-12-3-13-22(21)19(24)23(18)17-10-6-15(2)7-11-17/h4-11H,3,12-13H2,1-2H3. The smallest absolute Gasteiger partial charge is 0.232 e. The number of aromatic nitrogens is 3. The summed E-state index contributed by atoms with van der Waals surface area (Å²) in [5.74, 6) is 0. The molecule has 1 aliphatic rings. The van der Waals surface area contributed by atoms with Gasteiger partial charge >= 0.3 is 0 Å². The number of fused-ring (bicyclic) bond motifs is 1. The molecule has 0 aliphatic carbocycles. The van der Waals surface area contributed by atoms with Crippen LogP contribution in [-0.2, 0) is 13.1 Å². The number of rotatable bonds is 2. The molecule has 0 fully saturated rings. The van der Waals surface area contributed by atoms with Crippen molar-refractivity contribution < 1.29 is 0 Å². The van der Waals surface area contributed by atoms with Gasteiger partial charge in [0, 0.05) is 13.1 Å². The number of hydrogen-bond donors (Lipinski definition) is 0. The van der Waals surface area contributed by atoms with Crippen LogP contribution in [0.5, 0.6) is 0 Å². The molecule has 0 bridgehead atoms. The van der Waals surface area contributed by atoms with Crippen molar-refractivity contribution in [3.8, 4) is 5.69 Å². The van der Waals surface area contributed by atoms with Crippen molar-refractivity contribution in [2.24, 2.45) is 4.99 Å². The van der Waals surface area contributed by atoms with Gasteiger partial charge in [0.05, 0.1) is 11.4 Å². The molecule has 0 radical (unpaired) electrons. The Kier molecular flexibility index (Phi) is 3.73. The summed E-state index contributed by atoms with van der Waals surface area (Å²) >= 11 is 5.74. The summed E-state index contributed by atoms with van der Waals surface area (Å²) in [7, 11) is 0. The van der Waals surface area contributed by atoms with E-state index in [1.807, 2.05) is 0 Å². The first-order valence-corrected chi connectivity index (χ1v) is 8.65. The van der Waals surface area contributed by atoms with Gasteiger partial charge in [0.15, 0.2) is 0 Å². The van der Waals surface area contributed by atoms with Gasteiger partial charge < -0.3 is 0 Å². The predicted octanol–water partition coefficient (Wildman–Crippen LogP) is 4.06. The lowest BCUT2D eigenvalue weighted by Crippen LogP contribution is -2.25. The van der Waals surface area contributed by atoms with Crippen LogP contribution in [0.4, 0.5) is 5.69 Å². The Bertz CT molecular complexity index is 1000. The van der Waals surface area contributed by atoms with Crippen molar-refractivity contribution in [3.05, 3.63) is 70.0 Å². The van der Waals surface area contributed by atoms with Gasteiger partial charge in [-0.1, -0.05) is 35.4 Å². The highest BCUT2D eigenvalue weighted by Crippen LogP contribution is 2.15. The van der Waals surface area contributed by atoms with Crippen LogP contribution in [0.3, 0.4) is 0 Å². The SMILES string of the molecule is Cc1ccc(N=c2n(-c3ccc(C)cc3)c(=S)n3n2CCC3)cc1. The summed E-state index contributed by atoms with van der Waals surface area (Å²) in [6.45, 7) is 6.08. The van der Waals surface area contributed by atoms with Crippen LogP contribution in [0.15, 0.2) is 53.5 Å². The van der Waals surface area contributed by atoms with Crippen LogP contribution < -0.4 is 5.62 Å². The van der Waals surface area contributed by atoms with Gasteiger partial charge in [-0.3, -0.25) is 13.9 Å². The Morgan fingerprint density at radius 3 is 2.08 bits per heavy atom. The highest BCUT2D eigenvalue weighted by atomic mass is 32.1. The first kappa shape index (κ1) is 15.1. The lowest BCUT2D eigenvalue weighted by Gasteiger charge is -2.04. The van der Waals surface area contributed by atoms with E-state index in [0.29, 0.717) is 0 Å². The largest absolute Gasteiger partial charge is 0.257 e. The van der Waals surface area contributed by atoms with Crippen molar-refractivity contribution in [1.29, 1.82) is 0 Å². The third-order valence-electron chi connectivity index (χ3n) is 4.43. The molecule has 122 valence electrons. The van der Waals surface area contributed by atoms with Gasteiger partial charge in [0.2, 0.25) is 10.4 Å². The zero-order chi connectivity index (χ0) is 16.7. The molecule has 0 N–H and O–H groups in total. The summed E-state index contributed by atoms with van der Waals surface area (Å²) in [6, 6.07) is 16.7. The maximum Gasteiger partial charge on any atom is 0.232 e. The molecule has 3 aromatic rings. The first-order chi connectivity index (χ1) is 11.6. The van der Waals surface area contributed by atoms with Crippen LogP contribution in [0.2, 0.25) is 0 Å². The fourth-order valence-corrected chi connectivity index (χ4v) is 3.47. The van der Waals surface area contributed by atoms with Crippen LogP contribution in [-0.4, -0.2) is 13.9 Å². The number of benzene rings is 2. The average molecular weight is 336 g/mol. The summed E-state index contributed by atoms with van der Waals surface area (Å²) in [5.41, 5.74) is 5.38. The van der Waals surface area contributed by atoms with Crippen LogP contribution in [0.1, 0.15) is 17.5 Å². The summed E-state index contributed by atoms with van der Waals surface area (Å²) in [6.07, 6.45) is 1.11. The van der Waals surface area contributed by atoms with Gasteiger partial charge in [0.1, 0.15) is 0 Å². The maximum absolute atomic E-state index is 5.74. The molecule has 4 rings (SSSR count). The molecular formula is C19H20N4S. The summed E-state index contributed by atoms with van der Waals surface area (Å²) in [4.78, 5) is 4.91. The number of aryl methyl sites for hydroxylation is 2. The molecule has 5 heteroatoms. The molecule has 0 unspecified atom stereocenters. The quantitative estimate of drug-likeness (QED) is 0.648. The molecule has 1 aromatic heterocycles. The normalized spacial score (nSPS) is 14.2. The fourth-order valence-electron chi connectivity index (χ4n) is 3.10. The molecule has 0 amide bonds. The molecule has 24 heavy (non-hydrogen) atoms. The Morgan fingerprint density at radius 1 is 0.833 bits per heavy atom. The zero-order valence-corrected chi connectivity index (χ0v) is 14.8. The van der Waals surface area contributed by atoms with Gasteiger partial charge in [0.25, 0.3) is 0 Å². The zero-order valence-electron chi connectivity index (χ0n) is 13.9. The van der Waals surface area contributed by atoms with E-state index < -0.39 is 0 Å². The highest BCUT2D eigenvalue weighted by molar-refractivity contribution is 7.71. The van der Waals surface area contributed by atoms with Crippen LogP contribution >= 0.6 is 12.2 Å². The minimum atomic E-state index is 0.808. The van der Waals surface area contributed by atoms with Gasteiger partial charge in [-0.05, 0) is 56.8 Å². The lowest BCUT2D eigenvalue weighted by atomic mass is 10.2. The maximum atomic E-state index is 5.74. The molecule has 2 heterocycles. The Labute approximate surface area is 146 Å². The van der Waals surface area contributed by atoms with E-state index in [9.17, 15) is 0 Å². The number of hydrogen-bond acceptors (Lipinski definition) is 2. The van der Waals surface area contributed by atoms with E-state index in [-0.39, 0.29) is 0 Å². The minimum Gasteiger partial charge on any atom is -0.257 e. The molecule has 1 aliphatic heterocycles. The lowest BCUT2D eigenvalue weighted by molar-refractivity contribution is 0.581. The highest BCUT2D eigenvalue weighted by Gasteiger charge is 2.17. The molecule has 0 atom stereocenters. The Balaban J connectivity index is 1.98. The average Bonchev–Trinajstić information content (AvgIpc) is 3.15. The van der Waals surface area contributed by atoms with Crippen molar-refractivity contribution in [2.75, 3.05) is 0 Å². The van der Waals surface area contributed by atoms with Crippen LogP contribution in [0.25, 0.3) is 5.69 Å². The molecule has 4 nitrogen and oxygen atoms in total. The molecule has 0 saturated carbocycles. The third kappa shape index (κ3) is 2.55. The van der Waals surface area contributed by atoms with E-state index >= 15 is 0 Å². The van der Waals surface area contributed by atoms with Gasteiger partial charge in [-0.2, -0.15) is 0 Å². The van der Waals surface area contributed by atoms with Gasteiger partial charge in [-0.25, -0.2) is 4.99 Å². The second kappa shape index (κ2) is 5.91. The Morgan fingerprint density at radius 2 is 1.42 bits per heavy atom. The van der Waals surface area contributed by atoms with E-state index in [4.69, 9.17) is 17.2 Å². The molecule has 0 spiro atoms. The first-order valence-electron chi connectivity index (χ1n) is 8.24. The van der Waals surface area contributed by atoms with Crippen LogP contribution in [0, 0.1) is 18.6 Å². The van der Waals surface area contributed by atoms with Crippen molar-refractivity contribution in [2.45, 2.75) is 33.4 Å². The van der Waals surface area contributed by atoms with Gasteiger partial charge in [-0.15, -0.1) is 0 Å². The van der Waals surface area contributed by atoms with E-state index in [1.165, 1.54) is 11.1 Å². The molecule has 0 saturated heterocycles. The predicted molar refractivity (Wildman–Crippen MR) is 98.3 cm³/mol. The monoisotopic (exact) mass is 336 g/mol. The second-order valence-electron chi connectivity index (χ2n) is 6.30.